The van der Waals surface area contributed by atoms with E-state index in [4.69, 9.17) is 4.74 Å². The molecule has 0 unspecified atom stereocenters. The smallest absolute Gasteiger partial charge is 0.248 e. The van der Waals surface area contributed by atoms with E-state index in [1.165, 1.54) is 31.4 Å². The number of rotatable bonds is 5. The molecule has 1 fully saturated rings. The van der Waals surface area contributed by atoms with Crippen LogP contribution < -0.4 is 4.74 Å². The van der Waals surface area contributed by atoms with Gasteiger partial charge >= 0.3 is 0 Å². The number of ether oxygens (including phenoxy) is 1. The van der Waals surface area contributed by atoms with Crippen molar-refractivity contribution in [3.8, 4) is 5.75 Å². The van der Waals surface area contributed by atoms with Crippen molar-refractivity contribution in [3.63, 3.8) is 0 Å². The first kappa shape index (κ1) is 18.3. The summed E-state index contributed by atoms with van der Waals surface area (Å²) in [6.45, 7) is 6.87. The highest BCUT2D eigenvalue weighted by molar-refractivity contribution is 5.47. The molecule has 2 rings (SSSR count). The summed E-state index contributed by atoms with van der Waals surface area (Å²) in [5, 5.41) is 0. The minimum atomic E-state index is -2.80. The van der Waals surface area contributed by atoms with Crippen molar-refractivity contribution in [3.05, 3.63) is 66.3 Å². The third-order valence-electron chi connectivity index (χ3n) is 4.63. The van der Waals surface area contributed by atoms with Crippen LogP contribution in [0.5, 0.6) is 5.75 Å². The predicted octanol–water partition coefficient (Wildman–Crippen LogP) is 5.88. The zero-order valence-corrected chi connectivity index (χ0v) is 13.5. The lowest BCUT2D eigenvalue weighted by molar-refractivity contribution is -0.0475. The van der Waals surface area contributed by atoms with Crippen LogP contribution in [0.3, 0.4) is 0 Å². The molecule has 24 heavy (non-hydrogen) atoms. The summed E-state index contributed by atoms with van der Waals surface area (Å²) in [5.74, 6) is -4.10. The molecule has 130 valence electrons. The molecule has 1 saturated carbocycles. The molecule has 0 N–H and O–H groups in total. The average Bonchev–Trinajstić information content (AvgIpc) is 2.53. The summed E-state index contributed by atoms with van der Waals surface area (Å²) < 4.78 is 60.5. The fraction of sp³-hybridized carbons (Fsp3) is 0.368. The van der Waals surface area contributed by atoms with Gasteiger partial charge in [-0.3, -0.25) is 0 Å². The molecule has 0 radical (unpaired) electrons. The Morgan fingerprint density at radius 1 is 1.21 bits per heavy atom. The van der Waals surface area contributed by atoms with Gasteiger partial charge in [-0.25, -0.2) is 17.6 Å². The van der Waals surface area contributed by atoms with Gasteiger partial charge in [0.2, 0.25) is 5.92 Å². The van der Waals surface area contributed by atoms with E-state index < -0.39 is 35.8 Å². The molecule has 5 heteroatoms. The Hall–Kier alpha value is -2.04. The molecule has 1 aliphatic carbocycles. The lowest BCUT2D eigenvalue weighted by atomic mass is 9.63. The van der Waals surface area contributed by atoms with Gasteiger partial charge in [0.25, 0.3) is 0 Å². The third-order valence-corrected chi connectivity index (χ3v) is 4.63. The molecule has 0 spiro atoms. The number of alkyl halides is 2. The first-order valence-electron chi connectivity index (χ1n) is 7.65. The molecule has 0 aromatic heterocycles. The second-order valence-corrected chi connectivity index (χ2v) is 6.01. The molecule has 0 amide bonds. The van der Waals surface area contributed by atoms with Gasteiger partial charge in [-0.1, -0.05) is 31.4 Å². The Bertz CT molecular complexity index is 666. The molecular weight excluding hydrogens is 320 g/mol. The standard InChI is InChI=1S/C19H20F4O/c1-4-5-15(13(2)20)18(8-10-19(22,23)11-9-18)14-6-7-17(24-3)16(21)12-14/h4-7,12H,1-2,8-11H2,3H3/b15-5+. The number of methoxy groups -OCH3 is 1. The summed E-state index contributed by atoms with van der Waals surface area (Å²) >= 11 is 0. The largest absolute Gasteiger partial charge is 0.494 e. The van der Waals surface area contributed by atoms with E-state index in [0.29, 0.717) is 5.56 Å². The quantitative estimate of drug-likeness (QED) is 0.481. The Balaban J connectivity index is 2.59. The summed E-state index contributed by atoms with van der Waals surface area (Å²) in [4.78, 5) is 0. The van der Waals surface area contributed by atoms with E-state index in [1.807, 2.05) is 0 Å². The Labute approximate surface area is 139 Å². The second-order valence-electron chi connectivity index (χ2n) is 6.01. The van der Waals surface area contributed by atoms with Crippen molar-refractivity contribution in [2.75, 3.05) is 7.11 Å². The van der Waals surface area contributed by atoms with E-state index in [0.717, 1.165) is 0 Å². The SMILES string of the molecule is C=C/C=C(\C(=C)F)C1(c2ccc(OC)c(F)c2)CCC(F)(F)CC1. The topological polar surface area (TPSA) is 9.23 Å². The van der Waals surface area contributed by atoms with Crippen molar-refractivity contribution >= 4 is 0 Å². The molecular formula is C19H20F4O. The molecule has 0 heterocycles. The molecule has 0 bridgehead atoms. The summed E-state index contributed by atoms with van der Waals surface area (Å²) in [6.07, 6.45) is 2.00. The van der Waals surface area contributed by atoms with E-state index in [-0.39, 0.29) is 24.2 Å². The van der Waals surface area contributed by atoms with E-state index in [2.05, 4.69) is 13.2 Å². The normalized spacial score (nSPS) is 19.6. The van der Waals surface area contributed by atoms with Crippen LogP contribution in [-0.2, 0) is 5.41 Å². The lowest BCUT2D eigenvalue weighted by Crippen LogP contribution is -2.38. The zero-order valence-electron chi connectivity index (χ0n) is 13.5. The van der Waals surface area contributed by atoms with Crippen LogP contribution in [0.2, 0.25) is 0 Å². The van der Waals surface area contributed by atoms with Crippen molar-refractivity contribution in [1.29, 1.82) is 0 Å². The maximum atomic E-state index is 14.1. The molecule has 1 nitrogen and oxygen atoms in total. The van der Waals surface area contributed by atoms with Crippen LogP contribution >= 0.6 is 0 Å². The average molecular weight is 340 g/mol. The van der Waals surface area contributed by atoms with Crippen LogP contribution in [-0.4, -0.2) is 13.0 Å². The van der Waals surface area contributed by atoms with Gasteiger partial charge in [0.15, 0.2) is 11.6 Å². The van der Waals surface area contributed by atoms with Gasteiger partial charge in [-0.15, -0.1) is 0 Å². The molecule has 0 saturated heterocycles. The van der Waals surface area contributed by atoms with Gasteiger partial charge in [0, 0.05) is 18.3 Å². The van der Waals surface area contributed by atoms with E-state index in [9.17, 15) is 17.6 Å². The van der Waals surface area contributed by atoms with Gasteiger partial charge in [-0.2, -0.15) is 0 Å². The van der Waals surface area contributed by atoms with Gasteiger partial charge < -0.3 is 4.74 Å². The van der Waals surface area contributed by atoms with Gasteiger partial charge in [-0.05, 0) is 36.1 Å². The van der Waals surface area contributed by atoms with Crippen molar-refractivity contribution in [1.82, 2.24) is 0 Å². The van der Waals surface area contributed by atoms with Crippen LogP contribution in [0.4, 0.5) is 17.6 Å². The van der Waals surface area contributed by atoms with E-state index in [1.54, 1.807) is 6.07 Å². The highest BCUT2D eigenvalue weighted by atomic mass is 19.3. The highest BCUT2D eigenvalue weighted by Gasteiger charge is 2.47. The van der Waals surface area contributed by atoms with E-state index >= 15 is 0 Å². The van der Waals surface area contributed by atoms with Crippen molar-refractivity contribution < 1.29 is 22.3 Å². The van der Waals surface area contributed by atoms with Crippen LogP contribution in [0.15, 0.2) is 54.9 Å². The third kappa shape index (κ3) is 3.40. The number of hydrogen-bond donors (Lipinski definition) is 0. The number of allylic oxidation sites excluding steroid dienone is 4. The molecule has 1 aliphatic rings. The van der Waals surface area contributed by atoms with Crippen LogP contribution in [0, 0.1) is 5.82 Å². The predicted molar refractivity (Wildman–Crippen MR) is 86.6 cm³/mol. The first-order chi connectivity index (χ1) is 11.3. The number of hydrogen-bond acceptors (Lipinski definition) is 1. The zero-order chi connectivity index (χ0) is 18.0. The van der Waals surface area contributed by atoms with Crippen molar-refractivity contribution in [2.24, 2.45) is 0 Å². The monoisotopic (exact) mass is 340 g/mol. The molecule has 0 atom stereocenters. The summed E-state index contributed by atoms with van der Waals surface area (Å²) in [7, 11) is 1.33. The Morgan fingerprint density at radius 2 is 1.83 bits per heavy atom. The van der Waals surface area contributed by atoms with Gasteiger partial charge in [0.1, 0.15) is 5.83 Å². The number of halogens is 4. The molecule has 1 aromatic rings. The van der Waals surface area contributed by atoms with Crippen molar-refractivity contribution in [2.45, 2.75) is 37.0 Å². The highest BCUT2D eigenvalue weighted by Crippen LogP contribution is 2.51. The molecule has 0 aliphatic heterocycles. The Morgan fingerprint density at radius 3 is 2.29 bits per heavy atom. The fourth-order valence-corrected chi connectivity index (χ4v) is 3.35. The number of benzene rings is 1. The first-order valence-corrected chi connectivity index (χ1v) is 7.65. The maximum absolute atomic E-state index is 14.1. The van der Waals surface area contributed by atoms with Crippen LogP contribution in [0.1, 0.15) is 31.2 Å². The summed E-state index contributed by atoms with van der Waals surface area (Å²) in [6, 6.07) is 4.24. The molecule has 1 aromatic carbocycles. The van der Waals surface area contributed by atoms with Crippen LogP contribution in [0.25, 0.3) is 0 Å². The maximum Gasteiger partial charge on any atom is 0.248 e. The Kier molecular flexibility index (Phi) is 5.21. The summed E-state index contributed by atoms with van der Waals surface area (Å²) in [5.41, 5.74) is -0.463. The fourth-order valence-electron chi connectivity index (χ4n) is 3.35. The lowest BCUT2D eigenvalue weighted by Gasteiger charge is -2.42. The minimum Gasteiger partial charge on any atom is -0.494 e. The van der Waals surface area contributed by atoms with Gasteiger partial charge in [0.05, 0.1) is 7.11 Å². The second kappa shape index (κ2) is 6.83. The minimum absolute atomic E-state index is 0.00557.